The number of aromatic nitrogens is 1. The topological polar surface area (TPSA) is 39.2 Å². The van der Waals surface area contributed by atoms with Gasteiger partial charge in [0.2, 0.25) is 0 Å². The van der Waals surface area contributed by atoms with Crippen molar-refractivity contribution in [1.29, 1.82) is 0 Å². The summed E-state index contributed by atoms with van der Waals surface area (Å²) in [5.74, 6) is -0.248. The van der Waals surface area contributed by atoms with E-state index in [2.05, 4.69) is 25.8 Å². The maximum atomic E-state index is 12.7. The molecule has 0 atom stereocenters. The van der Waals surface area contributed by atoms with Crippen LogP contribution in [0.15, 0.2) is 18.3 Å². The Labute approximate surface area is 150 Å². The minimum atomic E-state index is -2.93. The Morgan fingerprint density at radius 2 is 1.61 bits per heavy atom. The molecular formula is C18H30ClNO2Sn. The summed E-state index contributed by atoms with van der Waals surface area (Å²) < 4.78 is 9.66. The Morgan fingerprint density at radius 1 is 1.09 bits per heavy atom. The van der Waals surface area contributed by atoms with Gasteiger partial charge in [0.05, 0.1) is 0 Å². The molecule has 5 heteroatoms. The van der Waals surface area contributed by atoms with Crippen LogP contribution in [0.3, 0.4) is 0 Å². The number of hydrogen-bond donors (Lipinski definition) is 0. The van der Waals surface area contributed by atoms with Crippen LogP contribution >= 0.6 is 11.6 Å². The predicted molar refractivity (Wildman–Crippen MR) is 99.6 cm³/mol. The first-order valence-corrected chi connectivity index (χ1v) is 16.5. The molecule has 0 aromatic carbocycles. The molecule has 1 aromatic heterocycles. The number of unbranched alkanes of at least 4 members (excludes halogenated alkanes) is 3. The molecule has 0 bridgehead atoms. The zero-order valence-electron chi connectivity index (χ0n) is 14.7. The van der Waals surface area contributed by atoms with Crippen LogP contribution in [0.1, 0.15) is 69.7 Å². The molecule has 130 valence electrons. The number of halogens is 1. The minimum absolute atomic E-state index is 0.248. The first-order valence-electron chi connectivity index (χ1n) is 8.92. The van der Waals surface area contributed by atoms with Crippen molar-refractivity contribution < 1.29 is 7.87 Å². The summed E-state index contributed by atoms with van der Waals surface area (Å²) in [6, 6.07) is 3.46. The maximum absolute atomic E-state index is 12.7. The second-order valence-electron chi connectivity index (χ2n) is 6.22. The average molecular weight is 447 g/mol. The molecule has 0 fully saturated rings. The number of pyridine rings is 1. The van der Waals surface area contributed by atoms with E-state index < -0.39 is 18.8 Å². The quantitative estimate of drug-likeness (QED) is 0.298. The SMILES string of the molecule is CCC[CH2][Sn]([CH2]CCC)([CH2]CCC)[O]C(=O)c1cccnc1Cl. The Morgan fingerprint density at radius 3 is 2.04 bits per heavy atom. The van der Waals surface area contributed by atoms with Gasteiger partial charge in [-0.1, -0.05) is 0 Å². The Hall–Kier alpha value is -0.291. The van der Waals surface area contributed by atoms with Crippen LogP contribution in [0.2, 0.25) is 18.5 Å². The van der Waals surface area contributed by atoms with Gasteiger partial charge in [-0.25, -0.2) is 0 Å². The van der Waals surface area contributed by atoms with Crippen molar-refractivity contribution in [2.24, 2.45) is 0 Å². The van der Waals surface area contributed by atoms with E-state index in [4.69, 9.17) is 14.7 Å². The van der Waals surface area contributed by atoms with E-state index in [0.717, 1.165) is 51.8 Å². The summed E-state index contributed by atoms with van der Waals surface area (Å²) >= 11 is 3.14. The van der Waals surface area contributed by atoms with Crippen molar-refractivity contribution in [2.75, 3.05) is 0 Å². The van der Waals surface area contributed by atoms with Crippen LogP contribution in [0, 0.1) is 0 Å². The zero-order valence-corrected chi connectivity index (χ0v) is 18.3. The van der Waals surface area contributed by atoms with Crippen LogP contribution in [0.4, 0.5) is 0 Å². The first-order chi connectivity index (χ1) is 11.1. The summed E-state index contributed by atoms with van der Waals surface area (Å²) in [6.45, 7) is 6.61. The van der Waals surface area contributed by atoms with Gasteiger partial charge < -0.3 is 0 Å². The molecule has 3 nitrogen and oxygen atoms in total. The van der Waals surface area contributed by atoms with Gasteiger partial charge in [0, 0.05) is 0 Å². The van der Waals surface area contributed by atoms with E-state index in [1.54, 1.807) is 18.3 Å². The fraction of sp³-hybridized carbons (Fsp3) is 0.667. The molecule has 0 aliphatic heterocycles. The van der Waals surface area contributed by atoms with Crippen molar-refractivity contribution in [2.45, 2.75) is 72.6 Å². The molecule has 0 N–H and O–H groups in total. The van der Waals surface area contributed by atoms with Gasteiger partial charge in [0.25, 0.3) is 0 Å². The molecular weight excluding hydrogens is 416 g/mol. The molecule has 1 rings (SSSR count). The van der Waals surface area contributed by atoms with Gasteiger partial charge in [-0.3, -0.25) is 0 Å². The third kappa shape index (κ3) is 7.00. The van der Waals surface area contributed by atoms with Gasteiger partial charge in [-0.2, -0.15) is 0 Å². The van der Waals surface area contributed by atoms with E-state index in [0.29, 0.717) is 5.56 Å². The van der Waals surface area contributed by atoms with Gasteiger partial charge in [-0.15, -0.1) is 0 Å². The average Bonchev–Trinajstić information content (AvgIpc) is 2.56. The molecule has 0 saturated heterocycles. The van der Waals surface area contributed by atoms with Crippen molar-refractivity contribution >= 4 is 36.4 Å². The van der Waals surface area contributed by atoms with Crippen LogP contribution in [-0.2, 0) is 3.07 Å². The summed E-state index contributed by atoms with van der Waals surface area (Å²) in [5.41, 5.74) is 0.416. The number of hydrogen-bond acceptors (Lipinski definition) is 3. The third-order valence-electron chi connectivity index (χ3n) is 4.25. The van der Waals surface area contributed by atoms with E-state index in [9.17, 15) is 4.79 Å². The summed E-state index contributed by atoms with van der Waals surface area (Å²) in [6.07, 6.45) is 8.56. The van der Waals surface area contributed by atoms with E-state index in [1.807, 2.05) is 0 Å². The summed E-state index contributed by atoms with van der Waals surface area (Å²) in [5, 5.41) is 0.249. The molecule has 0 unspecified atom stereocenters. The fourth-order valence-electron chi connectivity index (χ4n) is 2.81. The van der Waals surface area contributed by atoms with E-state index in [-0.39, 0.29) is 11.1 Å². The number of carbonyl (C=O) groups is 1. The van der Waals surface area contributed by atoms with Gasteiger partial charge in [0.15, 0.2) is 0 Å². The van der Waals surface area contributed by atoms with Crippen LogP contribution in [0.25, 0.3) is 0 Å². The Balaban J connectivity index is 2.95. The van der Waals surface area contributed by atoms with Crippen molar-refractivity contribution in [3.05, 3.63) is 29.0 Å². The summed E-state index contributed by atoms with van der Waals surface area (Å²) in [4.78, 5) is 16.7. The first kappa shape index (κ1) is 20.8. The molecule has 1 heterocycles. The summed E-state index contributed by atoms with van der Waals surface area (Å²) in [7, 11) is 0. The molecule has 0 spiro atoms. The van der Waals surface area contributed by atoms with Crippen LogP contribution in [-0.4, -0.2) is 29.7 Å². The molecule has 0 aliphatic carbocycles. The third-order valence-corrected chi connectivity index (χ3v) is 17.1. The van der Waals surface area contributed by atoms with Crippen LogP contribution < -0.4 is 0 Å². The molecule has 0 aliphatic rings. The molecule has 1 aromatic rings. The fourth-order valence-corrected chi connectivity index (χ4v) is 16.0. The Bertz CT molecular complexity index is 460. The van der Waals surface area contributed by atoms with E-state index >= 15 is 0 Å². The Kier molecular flexibility index (Phi) is 10.2. The zero-order chi connectivity index (χ0) is 17.1. The normalized spacial score (nSPS) is 11.5. The van der Waals surface area contributed by atoms with Gasteiger partial charge in [-0.05, 0) is 0 Å². The molecule has 0 radical (unpaired) electrons. The predicted octanol–water partition coefficient (Wildman–Crippen LogP) is 6.24. The second kappa shape index (κ2) is 11.3. The van der Waals surface area contributed by atoms with Crippen molar-refractivity contribution in [3.8, 4) is 0 Å². The number of carbonyl (C=O) groups excluding carboxylic acids is 1. The van der Waals surface area contributed by atoms with Gasteiger partial charge >= 0.3 is 151 Å². The number of rotatable bonds is 11. The van der Waals surface area contributed by atoms with Crippen LogP contribution in [0.5, 0.6) is 0 Å². The molecule has 0 amide bonds. The second-order valence-corrected chi connectivity index (χ2v) is 18.2. The standard InChI is InChI=1S/C6H4ClNO2.3C4H9.Sn/c7-5-4(6(9)10)2-1-3-8-5;3*1-3-4-2;/h1-3H,(H,9,10);3*1,3-4H2,2H3;/q;;;;+1/p-1. The van der Waals surface area contributed by atoms with Gasteiger partial charge in [0.1, 0.15) is 0 Å². The van der Waals surface area contributed by atoms with E-state index in [1.165, 1.54) is 0 Å². The van der Waals surface area contributed by atoms with Crippen molar-refractivity contribution in [1.82, 2.24) is 4.98 Å². The molecule has 23 heavy (non-hydrogen) atoms. The molecule has 0 saturated carbocycles. The number of nitrogens with zero attached hydrogens (tertiary/aromatic N) is 1. The monoisotopic (exact) mass is 447 g/mol. The van der Waals surface area contributed by atoms with Crippen molar-refractivity contribution in [3.63, 3.8) is 0 Å².